The largest absolute Gasteiger partial charge is 0.379 e. The molecule has 5 atom stereocenters. The second kappa shape index (κ2) is 17.9. The van der Waals surface area contributed by atoms with Gasteiger partial charge in [-0.3, -0.25) is 0 Å². The summed E-state index contributed by atoms with van der Waals surface area (Å²) in [6.45, 7) is 18.8. The summed E-state index contributed by atoms with van der Waals surface area (Å²) in [6.07, 6.45) is 7.26. The number of hydrogen-bond acceptors (Lipinski definition) is 5. The Morgan fingerprint density at radius 1 is 0.667 bits per heavy atom. The van der Waals surface area contributed by atoms with E-state index >= 15 is 0 Å². The number of ether oxygens (including phenoxy) is 5. The van der Waals surface area contributed by atoms with Crippen LogP contribution in [0.25, 0.3) is 0 Å². The van der Waals surface area contributed by atoms with Gasteiger partial charge < -0.3 is 23.7 Å². The summed E-state index contributed by atoms with van der Waals surface area (Å²) in [5, 5.41) is 0. The van der Waals surface area contributed by atoms with Gasteiger partial charge in [-0.1, -0.05) is 78.9 Å². The van der Waals surface area contributed by atoms with Gasteiger partial charge in [0, 0.05) is 26.4 Å². The van der Waals surface area contributed by atoms with Gasteiger partial charge in [-0.15, -0.1) is 5.54 Å². The van der Waals surface area contributed by atoms with Gasteiger partial charge in [0.2, 0.25) is 0 Å². The molecule has 5 nitrogen and oxygen atoms in total. The van der Waals surface area contributed by atoms with E-state index in [-0.39, 0.29) is 30.5 Å². The first-order chi connectivity index (χ1) is 15.9. The molecule has 1 heterocycles. The Hall–Kier alpha value is -0.423. The molecule has 33 heavy (non-hydrogen) atoms. The van der Waals surface area contributed by atoms with Crippen LogP contribution in [0.1, 0.15) is 79.1 Å². The molecule has 194 valence electrons. The summed E-state index contributed by atoms with van der Waals surface area (Å²) >= 11 is 0. The number of hydrogen-bond donors (Lipinski definition) is 0. The van der Waals surface area contributed by atoms with Crippen molar-refractivity contribution in [2.24, 2.45) is 0 Å². The first-order valence-electron chi connectivity index (χ1n) is 13.5. The van der Waals surface area contributed by atoms with E-state index in [1.54, 1.807) is 0 Å². The molecule has 0 aromatic heterocycles. The molecular weight excluding hydrogens is 432 g/mol. The molecule has 0 radical (unpaired) electrons. The van der Waals surface area contributed by atoms with Gasteiger partial charge in [0.25, 0.3) is 0 Å². The second-order valence-corrected chi connectivity index (χ2v) is 14.9. The Kier molecular flexibility index (Phi) is 16.6. The molecule has 0 N–H and O–H groups in total. The summed E-state index contributed by atoms with van der Waals surface area (Å²) in [4.78, 5) is 0. The highest BCUT2D eigenvalue weighted by atomic mass is 28.3. The van der Waals surface area contributed by atoms with Crippen molar-refractivity contribution in [2.75, 3.05) is 33.0 Å². The summed E-state index contributed by atoms with van der Waals surface area (Å²) in [6, 6.07) is 0. The standard InChI is InChI=1S/C27H52O5Si/c1-8-12-17-28-22-24-26(30-19-14-10-3)27(31-20-15-11-4)25(29-18-13-9-2)23(32-24)16-21-33(5,6)7/h23-27H,8-15,17-20,22H2,1-7H3/t23-,24-,25+,26-,27-/m1/s1. The lowest BCUT2D eigenvalue weighted by molar-refractivity contribution is -0.254. The first kappa shape index (κ1) is 30.6. The Labute approximate surface area is 205 Å². The highest BCUT2D eigenvalue weighted by Gasteiger charge is 2.47. The molecule has 1 rings (SSSR count). The van der Waals surface area contributed by atoms with Crippen molar-refractivity contribution in [3.05, 3.63) is 0 Å². The average Bonchev–Trinajstić information content (AvgIpc) is 2.77. The van der Waals surface area contributed by atoms with Crippen LogP contribution in [0.2, 0.25) is 19.6 Å². The maximum absolute atomic E-state index is 6.58. The van der Waals surface area contributed by atoms with Crippen molar-refractivity contribution in [3.8, 4) is 11.5 Å². The third-order valence-electron chi connectivity index (χ3n) is 5.57. The van der Waals surface area contributed by atoms with Crippen molar-refractivity contribution < 1.29 is 23.7 Å². The molecule has 1 aliphatic rings. The first-order valence-corrected chi connectivity index (χ1v) is 17.0. The van der Waals surface area contributed by atoms with Crippen molar-refractivity contribution in [1.29, 1.82) is 0 Å². The Balaban J connectivity index is 3.20. The van der Waals surface area contributed by atoms with Crippen molar-refractivity contribution in [3.63, 3.8) is 0 Å². The van der Waals surface area contributed by atoms with Crippen LogP contribution in [0.15, 0.2) is 0 Å². The lowest BCUT2D eigenvalue weighted by Gasteiger charge is -2.45. The van der Waals surface area contributed by atoms with E-state index in [0.29, 0.717) is 26.4 Å². The Bertz CT molecular complexity index is 539. The fraction of sp³-hybridized carbons (Fsp3) is 0.926. The number of rotatable bonds is 17. The zero-order valence-electron chi connectivity index (χ0n) is 22.6. The monoisotopic (exact) mass is 484 g/mol. The molecule has 0 aromatic carbocycles. The summed E-state index contributed by atoms with van der Waals surface area (Å²) in [5.41, 5.74) is 3.51. The molecule has 1 aliphatic heterocycles. The van der Waals surface area contributed by atoms with Gasteiger partial charge in [0.1, 0.15) is 38.6 Å². The van der Waals surface area contributed by atoms with E-state index in [4.69, 9.17) is 23.7 Å². The minimum atomic E-state index is -1.56. The van der Waals surface area contributed by atoms with Gasteiger partial charge >= 0.3 is 0 Å². The van der Waals surface area contributed by atoms with E-state index in [1.807, 2.05) is 0 Å². The average molecular weight is 485 g/mol. The van der Waals surface area contributed by atoms with Crippen molar-refractivity contribution in [1.82, 2.24) is 0 Å². The van der Waals surface area contributed by atoms with Crippen LogP contribution < -0.4 is 0 Å². The molecule has 0 aromatic rings. The van der Waals surface area contributed by atoms with Gasteiger partial charge in [0.05, 0.1) is 6.61 Å². The molecule has 0 spiro atoms. The summed E-state index contributed by atoms with van der Waals surface area (Å²) < 4.78 is 31.9. The van der Waals surface area contributed by atoms with Gasteiger partial charge in [-0.2, -0.15) is 0 Å². The van der Waals surface area contributed by atoms with Crippen LogP contribution in [0, 0.1) is 11.5 Å². The van der Waals surface area contributed by atoms with Crippen LogP contribution >= 0.6 is 0 Å². The zero-order valence-corrected chi connectivity index (χ0v) is 23.6. The van der Waals surface area contributed by atoms with Gasteiger partial charge in [-0.05, 0) is 25.7 Å². The summed E-state index contributed by atoms with van der Waals surface area (Å²) in [7, 11) is -1.56. The predicted molar refractivity (Wildman–Crippen MR) is 139 cm³/mol. The van der Waals surface area contributed by atoms with Crippen molar-refractivity contribution in [2.45, 2.75) is 129 Å². The maximum Gasteiger partial charge on any atom is 0.146 e. The van der Waals surface area contributed by atoms with Crippen LogP contribution in [0.5, 0.6) is 0 Å². The molecule has 0 amide bonds. The maximum atomic E-state index is 6.58. The molecule has 1 saturated heterocycles. The minimum Gasteiger partial charge on any atom is -0.379 e. The van der Waals surface area contributed by atoms with Gasteiger partial charge in [0.15, 0.2) is 0 Å². The third-order valence-corrected chi connectivity index (χ3v) is 6.47. The predicted octanol–water partition coefficient (Wildman–Crippen LogP) is 6.01. The van der Waals surface area contributed by atoms with Crippen LogP contribution in [0.4, 0.5) is 0 Å². The highest BCUT2D eigenvalue weighted by Crippen LogP contribution is 2.29. The fourth-order valence-electron chi connectivity index (χ4n) is 3.56. The molecule has 6 heteroatoms. The van der Waals surface area contributed by atoms with E-state index in [9.17, 15) is 0 Å². The molecule has 0 bridgehead atoms. The second-order valence-electron chi connectivity index (χ2n) is 10.1. The van der Waals surface area contributed by atoms with Crippen LogP contribution in [-0.4, -0.2) is 71.6 Å². The summed E-state index contributed by atoms with van der Waals surface area (Å²) in [5.74, 6) is 3.45. The highest BCUT2D eigenvalue weighted by molar-refractivity contribution is 6.83. The molecule has 0 unspecified atom stereocenters. The third kappa shape index (κ3) is 12.7. The molecule has 1 fully saturated rings. The van der Waals surface area contributed by atoms with Crippen LogP contribution in [-0.2, 0) is 23.7 Å². The SMILES string of the molecule is CCCCOC[C@H]1O[C@H](C#C[Si](C)(C)C)[C@H](OCCCC)[C@@H](OCCCC)[C@@H]1OCCCC. The van der Waals surface area contributed by atoms with Crippen molar-refractivity contribution >= 4 is 8.07 Å². The van der Waals surface area contributed by atoms with E-state index in [0.717, 1.165) is 58.0 Å². The number of unbranched alkanes of at least 4 members (excludes halogenated alkanes) is 4. The minimum absolute atomic E-state index is 0.209. The van der Waals surface area contributed by atoms with E-state index < -0.39 is 8.07 Å². The normalized spacial score (nSPS) is 25.6. The molecular formula is C27H52O5Si. The Morgan fingerprint density at radius 2 is 1.15 bits per heavy atom. The zero-order chi connectivity index (χ0) is 24.5. The molecule has 0 saturated carbocycles. The lowest BCUT2D eigenvalue weighted by atomic mass is 9.94. The van der Waals surface area contributed by atoms with E-state index in [2.05, 4.69) is 58.8 Å². The Morgan fingerprint density at radius 3 is 1.67 bits per heavy atom. The van der Waals surface area contributed by atoms with E-state index in [1.165, 1.54) is 0 Å². The molecule has 0 aliphatic carbocycles. The van der Waals surface area contributed by atoms with Crippen LogP contribution in [0.3, 0.4) is 0 Å². The quantitative estimate of drug-likeness (QED) is 0.144. The topological polar surface area (TPSA) is 46.2 Å². The lowest BCUT2D eigenvalue weighted by Crippen LogP contribution is -2.61. The fourth-order valence-corrected chi connectivity index (χ4v) is 4.14. The smallest absolute Gasteiger partial charge is 0.146 e. The van der Waals surface area contributed by atoms with Gasteiger partial charge in [-0.25, -0.2) is 0 Å².